The first-order chi connectivity index (χ1) is 9.83. The van der Waals surface area contributed by atoms with Gasteiger partial charge in [0.05, 0.1) is 18.9 Å². The van der Waals surface area contributed by atoms with Crippen LogP contribution in [-0.4, -0.2) is 18.7 Å². The molecule has 1 aromatic heterocycles. The third kappa shape index (κ3) is 5.78. The summed E-state index contributed by atoms with van der Waals surface area (Å²) in [6, 6.07) is 14.1. The van der Waals surface area contributed by atoms with E-state index in [0.29, 0.717) is 13.2 Å². The molecular formula is C15H21NO3P2. The zero-order chi connectivity index (χ0) is 14.2. The van der Waals surface area contributed by atoms with Crippen LogP contribution in [0.25, 0.3) is 11.1 Å². The lowest BCUT2D eigenvalue weighted by atomic mass is 10.1. The molecule has 0 saturated carbocycles. The van der Waals surface area contributed by atoms with E-state index in [0.717, 1.165) is 16.8 Å². The molecular weight excluding hydrogens is 304 g/mol. The van der Waals surface area contributed by atoms with Crippen LogP contribution in [0.4, 0.5) is 0 Å². The zero-order valence-electron chi connectivity index (χ0n) is 12.4. The van der Waals surface area contributed by atoms with Gasteiger partial charge in [-0.1, -0.05) is 36.4 Å². The van der Waals surface area contributed by atoms with Crippen LogP contribution < -0.4 is 0 Å². The van der Waals surface area contributed by atoms with Crippen molar-refractivity contribution in [2.24, 2.45) is 0 Å². The van der Waals surface area contributed by atoms with E-state index in [9.17, 15) is 0 Å². The van der Waals surface area contributed by atoms with Gasteiger partial charge in [-0.15, -0.1) is 0 Å². The minimum absolute atomic E-state index is 0. The van der Waals surface area contributed by atoms with E-state index in [4.69, 9.17) is 13.6 Å². The van der Waals surface area contributed by atoms with Crippen molar-refractivity contribution in [3.05, 3.63) is 54.4 Å². The Kier molecular flexibility index (Phi) is 8.60. The average Bonchev–Trinajstić information content (AvgIpc) is 2.53. The Labute approximate surface area is 130 Å². The lowest BCUT2D eigenvalue weighted by molar-refractivity contribution is 0.179. The number of rotatable bonds is 7. The molecule has 0 aliphatic heterocycles. The first-order valence-corrected chi connectivity index (χ1v) is 7.53. The fraction of sp³-hybridized carbons (Fsp3) is 0.267. The molecule has 0 radical (unpaired) electrons. The summed E-state index contributed by atoms with van der Waals surface area (Å²) >= 11 is 0. The van der Waals surface area contributed by atoms with Gasteiger partial charge in [0, 0.05) is 18.9 Å². The van der Waals surface area contributed by atoms with Crippen LogP contribution in [0, 0.1) is 0 Å². The minimum atomic E-state index is -1.27. The summed E-state index contributed by atoms with van der Waals surface area (Å²) in [5.74, 6) is 0. The van der Waals surface area contributed by atoms with E-state index in [1.54, 1.807) is 7.11 Å². The molecule has 114 valence electrons. The van der Waals surface area contributed by atoms with Crippen molar-refractivity contribution in [3.8, 4) is 11.1 Å². The number of benzene rings is 1. The molecule has 21 heavy (non-hydrogen) atoms. The molecule has 0 spiro atoms. The maximum Gasteiger partial charge on any atom is 0.332 e. The van der Waals surface area contributed by atoms with Crippen molar-refractivity contribution in [1.29, 1.82) is 0 Å². The lowest BCUT2D eigenvalue weighted by Gasteiger charge is -2.12. The molecule has 1 aromatic carbocycles. The second-order valence-corrected chi connectivity index (χ2v) is 5.33. The molecule has 2 aromatic rings. The van der Waals surface area contributed by atoms with E-state index in [1.807, 2.05) is 43.5 Å². The molecule has 0 aliphatic rings. The van der Waals surface area contributed by atoms with Gasteiger partial charge in [0.25, 0.3) is 0 Å². The predicted octanol–water partition coefficient (Wildman–Crippen LogP) is 4.23. The predicted molar refractivity (Wildman–Crippen MR) is 91.1 cm³/mol. The van der Waals surface area contributed by atoms with Crippen molar-refractivity contribution >= 4 is 18.5 Å². The summed E-state index contributed by atoms with van der Waals surface area (Å²) in [6.07, 6.45) is 1.85. The Balaban J connectivity index is 0.00000220. The van der Waals surface area contributed by atoms with Crippen LogP contribution in [-0.2, 0) is 20.2 Å². The minimum Gasteiger partial charge on any atom is -0.316 e. The number of aromatic nitrogens is 1. The summed E-state index contributed by atoms with van der Waals surface area (Å²) in [5.41, 5.74) is 3.10. The van der Waals surface area contributed by atoms with Crippen LogP contribution in [0.3, 0.4) is 0 Å². The van der Waals surface area contributed by atoms with Gasteiger partial charge in [0.2, 0.25) is 0 Å². The van der Waals surface area contributed by atoms with Gasteiger partial charge in [0.1, 0.15) is 0 Å². The zero-order valence-corrected chi connectivity index (χ0v) is 14.7. The number of hydrogen-bond donors (Lipinski definition) is 0. The van der Waals surface area contributed by atoms with Gasteiger partial charge in [-0.05, 0) is 18.6 Å². The monoisotopic (exact) mass is 325 g/mol. The van der Waals surface area contributed by atoms with E-state index in [-0.39, 0.29) is 9.90 Å². The quantitative estimate of drug-likeness (QED) is 0.714. The third-order valence-electron chi connectivity index (χ3n) is 2.63. The molecule has 0 aliphatic carbocycles. The highest BCUT2D eigenvalue weighted by atomic mass is 31.2. The normalized spacial score (nSPS) is 11.7. The average molecular weight is 325 g/mol. The van der Waals surface area contributed by atoms with E-state index >= 15 is 0 Å². The van der Waals surface area contributed by atoms with E-state index < -0.39 is 8.60 Å². The molecule has 0 N–H and O–H groups in total. The topological polar surface area (TPSA) is 40.6 Å². The van der Waals surface area contributed by atoms with Crippen molar-refractivity contribution < 1.29 is 13.6 Å². The highest BCUT2D eigenvalue weighted by molar-refractivity contribution is 7.41. The van der Waals surface area contributed by atoms with Gasteiger partial charge >= 0.3 is 8.60 Å². The number of nitrogens with zero attached hydrogens (tertiary/aromatic N) is 1. The van der Waals surface area contributed by atoms with Crippen molar-refractivity contribution in [2.75, 3.05) is 13.7 Å². The summed E-state index contributed by atoms with van der Waals surface area (Å²) in [5, 5.41) is 0. The Morgan fingerprint density at radius 2 is 1.76 bits per heavy atom. The second kappa shape index (κ2) is 9.94. The smallest absolute Gasteiger partial charge is 0.316 e. The third-order valence-corrected chi connectivity index (χ3v) is 3.74. The van der Waals surface area contributed by atoms with Gasteiger partial charge in [0.15, 0.2) is 0 Å². The summed E-state index contributed by atoms with van der Waals surface area (Å²) in [7, 11) is 0.303. The van der Waals surface area contributed by atoms with E-state index in [2.05, 4.69) is 17.1 Å². The highest BCUT2D eigenvalue weighted by Gasteiger charge is 2.09. The highest BCUT2D eigenvalue weighted by Crippen LogP contribution is 2.39. The summed E-state index contributed by atoms with van der Waals surface area (Å²) in [6.45, 7) is 2.86. The van der Waals surface area contributed by atoms with Gasteiger partial charge in [-0.2, -0.15) is 9.90 Å². The summed E-state index contributed by atoms with van der Waals surface area (Å²) in [4.78, 5) is 4.40. The largest absolute Gasteiger partial charge is 0.332 e. The Bertz CT molecular complexity index is 508. The molecule has 1 heterocycles. The first kappa shape index (κ1) is 18.2. The van der Waals surface area contributed by atoms with Crippen LogP contribution in [0.2, 0.25) is 0 Å². The molecule has 0 saturated heterocycles. The Hall–Kier alpha value is -0.890. The van der Waals surface area contributed by atoms with Gasteiger partial charge < -0.3 is 13.6 Å². The first-order valence-electron chi connectivity index (χ1n) is 6.44. The van der Waals surface area contributed by atoms with Crippen LogP contribution in [0.1, 0.15) is 12.6 Å². The Morgan fingerprint density at radius 3 is 2.33 bits per heavy atom. The molecule has 4 nitrogen and oxygen atoms in total. The maximum atomic E-state index is 5.52. The molecule has 6 heteroatoms. The molecule has 2 unspecified atom stereocenters. The van der Waals surface area contributed by atoms with Crippen LogP contribution in [0.5, 0.6) is 0 Å². The molecule has 0 bridgehead atoms. The molecule has 2 atom stereocenters. The fourth-order valence-electron chi connectivity index (χ4n) is 1.68. The SMILES string of the molecule is CCOP(OC)OCc1ccc(-c2ccccc2)cn1.P. The second-order valence-electron chi connectivity index (χ2n) is 4.00. The number of pyridine rings is 1. The van der Waals surface area contributed by atoms with Crippen molar-refractivity contribution in [2.45, 2.75) is 13.5 Å². The number of hydrogen-bond acceptors (Lipinski definition) is 4. The standard InChI is InChI=1S/C15H18NO3P.H3P/c1-3-18-20(17-2)19-12-15-10-9-14(11-16-15)13-7-5-4-6-8-13;/h4-11H,3,12H2,1-2H3;1H3. The molecule has 0 fully saturated rings. The van der Waals surface area contributed by atoms with Crippen LogP contribution >= 0.6 is 18.5 Å². The fourth-order valence-corrected chi connectivity index (χ4v) is 2.41. The molecule has 2 rings (SSSR count). The van der Waals surface area contributed by atoms with Crippen molar-refractivity contribution in [1.82, 2.24) is 4.98 Å². The Morgan fingerprint density at radius 1 is 1.00 bits per heavy atom. The maximum absolute atomic E-state index is 5.52. The van der Waals surface area contributed by atoms with E-state index in [1.165, 1.54) is 0 Å². The summed E-state index contributed by atoms with van der Waals surface area (Å²) < 4.78 is 15.9. The van der Waals surface area contributed by atoms with Gasteiger partial charge in [-0.25, -0.2) is 0 Å². The van der Waals surface area contributed by atoms with Crippen molar-refractivity contribution in [3.63, 3.8) is 0 Å². The van der Waals surface area contributed by atoms with Crippen LogP contribution in [0.15, 0.2) is 48.7 Å². The molecule has 0 amide bonds. The van der Waals surface area contributed by atoms with Gasteiger partial charge in [-0.3, -0.25) is 4.98 Å². The lowest BCUT2D eigenvalue weighted by Crippen LogP contribution is -1.96.